The topological polar surface area (TPSA) is 29.9 Å². The third-order valence-electron chi connectivity index (χ3n) is 3.72. The summed E-state index contributed by atoms with van der Waals surface area (Å²) in [6, 6.07) is 6.88. The molecule has 1 aromatic carbocycles. The minimum Gasteiger partial charge on any atom is -0.312 e. The fourth-order valence-corrected chi connectivity index (χ4v) is 2.65. The third-order valence-corrected chi connectivity index (χ3v) is 4.01. The standard InChI is InChI=1S/C16H21ClFN3/c1-11(2)13(16-6-7-20-21(16)3)10-19-9-12-4-5-15(18)14(17)8-12/h4-8,11,13,19H,9-10H2,1-3H3. The van der Waals surface area contributed by atoms with Gasteiger partial charge in [-0.05, 0) is 29.7 Å². The van der Waals surface area contributed by atoms with Crippen molar-refractivity contribution >= 4 is 11.6 Å². The zero-order chi connectivity index (χ0) is 15.4. The van der Waals surface area contributed by atoms with Crippen molar-refractivity contribution in [2.45, 2.75) is 26.3 Å². The van der Waals surface area contributed by atoms with Crippen LogP contribution in [0.1, 0.15) is 31.0 Å². The molecule has 0 amide bonds. The maximum absolute atomic E-state index is 13.1. The van der Waals surface area contributed by atoms with Crippen molar-refractivity contribution in [3.8, 4) is 0 Å². The van der Waals surface area contributed by atoms with Crippen LogP contribution >= 0.6 is 11.6 Å². The second-order valence-electron chi connectivity index (χ2n) is 5.61. The van der Waals surface area contributed by atoms with Gasteiger partial charge in [-0.3, -0.25) is 4.68 Å². The predicted octanol–water partition coefficient (Wildman–Crippen LogP) is 3.74. The molecular weight excluding hydrogens is 289 g/mol. The van der Waals surface area contributed by atoms with Crippen LogP contribution in [-0.4, -0.2) is 16.3 Å². The summed E-state index contributed by atoms with van der Waals surface area (Å²) in [6.07, 6.45) is 1.82. The fourth-order valence-electron chi connectivity index (χ4n) is 2.45. The van der Waals surface area contributed by atoms with Gasteiger partial charge in [0.25, 0.3) is 0 Å². The lowest BCUT2D eigenvalue weighted by Gasteiger charge is -2.21. The molecule has 0 fully saturated rings. The van der Waals surface area contributed by atoms with Crippen LogP contribution in [0.25, 0.3) is 0 Å². The smallest absolute Gasteiger partial charge is 0.141 e. The normalized spacial score (nSPS) is 12.9. The molecule has 3 nitrogen and oxygen atoms in total. The molecule has 0 aliphatic carbocycles. The van der Waals surface area contributed by atoms with E-state index in [2.05, 4.69) is 30.3 Å². The van der Waals surface area contributed by atoms with E-state index < -0.39 is 0 Å². The van der Waals surface area contributed by atoms with Gasteiger partial charge >= 0.3 is 0 Å². The summed E-state index contributed by atoms with van der Waals surface area (Å²) in [5.41, 5.74) is 2.20. The molecule has 1 aromatic heterocycles. The maximum Gasteiger partial charge on any atom is 0.141 e. The molecule has 5 heteroatoms. The number of aryl methyl sites for hydroxylation is 1. The van der Waals surface area contributed by atoms with Crippen LogP contribution in [0.3, 0.4) is 0 Å². The highest BCUT2D eigenvalue weighted by atomic mass is 35.5. The van der Waals surface area contributed by atoms with Crippen LogP contribution in [0, 0.1) is 11.7 Å². The van der Waals surface area contributed by atoms with E-state index in [0.717, 1.165) is 12.1 Å². The van der Waals surface area contributed by atoms with Crippen LogP contribution < -0.4 is 5.32 Å². The molecule has 0 spiro atoms. The van der Waals surface area contributed by atoms with E-state index in [4.69, 9.17) is 11.6 Å². The lowest BCUT2D eigenvalue weighted by atomic mass is 9.92. The Kier molecular flexibility index (Phi) is 5.37. The van der Waals surface area contributed by atoms with Gasteiger partial charge < -0.3 is 5.32 Å². The SMILES string of the molecule is CC(C)C(CNCc1ccc(F)c(Cl)c1)c1ccnn1C. The van der Waals surface area contributed by atoms with E-state index in [0.29, 0.717) is 18.4 Å². The summed E-state index contributed by atoms with van der Waals surface area (Å²) in [5.74, 6) is 0.508. The van der Waals surface area contributed by atoms with Crippen molar-refractivity contribution in [1.29, 1.82) is 0 Å². The minimum absolute atomic E-state index is 0.168. The van der Waals surface area contributed by atoms with Gasteiger partial charge in [0.05, 0.1) is 5.02 Å². The van der Waals surface area contributed by atoms with E-state index in [9.17, 15) is 4.39 Å². The largest absolute Gasteiger partial charge is 0.312 e. The number of rotatable bonds is 6. The van der Waals surface area contributed by atoms with Gasteiger partial charge in [0.2, 0.25) is 0 Å². The van der Waals surface area contributed by atoms with E-state index in [-0.39, 0.29) is 10.8 Å². The van der Waals surface area contributed by atoms with Crippen molar-refractivity contribution in [2.24, 2.45) is 13.0 Å². The summed E-state index contributed by atoms with van der Waals surface area (Å²) in [6.45, 7) is 5.91. The van der Waals surface area contributed by atoms with Crippen molar-refractivity contribution in [1.82, 2.24) is 15.1 Å². The molecule has 1 heterocycles. The summed E-state index contributed by atoms with van der Waals surface area (Å²) in [4.78, 5) is 0. The predicted molar refractivity (Wildman–Crippen MR) is 83.9 cm³/mol. The Morgan fingerprint density at radius 1 is 1.33 bits per heavy atom. The fraction of sp³-hybridized carbons (Fsp3) is 0.438. The van der Waals surface area contributed by atoms with Gasteiger partial charge in [0.1, 0.15) is 5.82 Å². The number of hydrogen-bond acceptors (Lipinski definition) is 2. The Hall–Kier alpha value is -1.39. The van der Waals surface area contributed by atoms with Crippen molar-refractivity contribution in [3.63, 3.8) is 0 Å². The first kappa shape index (κ1) is 16.0. The van der Waals surface area contributed by atoms with Gasteiger partial charge in [0, 0.05) is 37.9 Å². The maximum atomic E-state index is 13.1. The monoisotopic (exact) mass is 309 g/mol. The van der Waals surface area contributed by atoms with Gasteiger partial charge in [-0.1, -0.05) is 31.5 Å². The lowest BCUT2D eigenvalue weighted by Crippen LogP contribution is -2.26. The van der Waals surface area contributed by atoms with Crippen molar-refractivity contribution in [2.75, 3.05) is 6.54 Å². The molecule has 0 aliphatic heterocycles. The average molecular weight is 310 g/mol. The summed E-state index contributed by atoms with van der Waals surface area (Å²) in [5, 5.41) is 7.83. The highest BCUT2D eigenvalue weighted by molar-refractivity contribution is 6.30. The van der Waals surface area contributed by atoms with Crippen LogP contribution in [-0.2, 0) is 13.6 Å². The zero-order valence-electron chi connectivity index (χ0n) is 12.6. The number of nitrogens with one attached hydrogen (secondary N) is 1. The number of hydrogen-bond donors (Lipinski definition) is 1. The van der Waals surface area contributed by atoms with Crippen LogP contribution in [0.5, 0.6) is 0 Å². The molecule has 0 saturated carbocycles. The highest BCUT2D eigenvalue weighted by Crippen LogP contribution is 2.23. The van der Waals surface area contributed by atoms with E-state index in [1.807, 2.05) is 17.9 Å². The summed E-state index contributed by atoms with van der Waals surface area (Å²) in [7, 11) is 1.96. The van der Waals surface area contributed by atoms with Crippen LogP contribution in [0.2, 0.25) is 5.02 Å². The van der Waals surface area contributed by atoms with E-state index in [1.165, 1.54) is 11.8 Å². The van der Waals surface area contributed by atoms with Crippen molar-refractivity contribution < 1.29 is 4.39 Å². The highest BCUT2D eigenvalue weighted by Gasteiger charge is 2.18. The Labute approximate surface area is 130 Å². The minimum atomic E-state index is -0.379. The summed E-state index contributed by atoms with van der Waals surface area (Å²) < 4.78 is 15.0. The van der Waals surface area contributed by atoms with E-state index >= 15 is 0 Å². The molecule has 1 N–H and O–H groups in total. The van der Waals surface area contributed by atoms with Gasteiger partial charge in [0.15, 0.2) is 0 Å². The Morgan fingerprint density at radius 3 is 2.67 bits per heavy atom. The molecule has 0 saturated heterocycles. The molecule has 0 aliphatic rings. The number of aromatic nitrogens is 2. The quantitative estimate of drug-likeness (QED) is 0.881. The number of benzene rings is 1. The Balaban J connectivity index is 1.97. The van der Waals surface area contributed by atoms with Gasteiger partial charge in [-0.2, -0.15) is 5.10 Å². The molecule has 21 heavy (non-hydrogen) atoms. The molecule has 0 bridgehead atoms. The molecule has 1 atom stereocenters. The number of halogens is 2. The Morgan fingerprint density at radius 2 is 2.10 bits per heavy atom. The zero-order valence-corrected chi connectivity index (χ0v) is 13.4. The summed E-state index contributed by atoms with van der Waals surface area (Å²) >= 11 is 5.79. The van der Waals surface area contributed by atoms with Gasteiger partial charge in [-0.25, -0.2) is 4.39 Å². The molecular formula is C16H21ClFN3. The first-order valence-electron chi connectivity index (χ1n) is 7.11. The average Bonchev–Trinajstić information content (AvgIpc) is 2.84. The second kappa shape index (κ2) is 7.05. The second-order valence-corrected chi connectivity index (χ2v) is 6.02. The molecule has 2 aromatic rings. The lowest BCUT2D eigenvalue weighted by molar-refractivity contribution is 0.437. The molecule has 114 valence electrons. The van der Waals surface area contributed by atoms with Gasteiger partial charge in [-0.15, -0.1) is 0 Å². The van der Waals surface area contributed by atoms with Crippen molar-refractivity contribution in [3.05, 3.63) is 52.6 Å². The number of nitrogens with zero attached hydrogens (tertiary/aromatic N) is 2. The molecule has 0 radical (unpaired) electrons. The molecule has 2 rings (SSSR count). The first-order valence-corrected chi connectivity index (χ1v) is 7.49. The molecule has 1 unspecified atom stereocenters. The Bertz CT molecular complexity index is 595. The van der Waals surface area contributed by atoms with Crippen LogP contribution in [0.15, 0.2) is 30.5 Å². The third kappa shape index (κ3) is 4.05. The van der Waals surface area contributed by atoms with Crippen LogP contribution in [0.4, 0.5) is 4.39 Å². The van der Waals surface area contributed by atoms with E-state index in [1.54, 1.807) is 12.1 Å². The first-order chi connectivity index (χ1) is 9.99.